The number of nitrogens with zero attached hydrogens (tertiary/aromatic N) is 4. The molecule has 0 fully saturated rings. The zero-order chi connectivity index (χ0) is 12.1. The third-order valence-electron chi connectivity index (χ3n) is 2.07. The van der Waals surface area contributed by atoms with Crippen LogP contribution in [0.1, 0.15) is 18.9 Å². The first-order valence-electron chi connectivity index (χ1n) is 5.10. The maximum absolute atomic E-state index is 5.45. The molecule has 0 aromatic carbocycles. The number of hydrogen-bond donors (Lipinski definition) is 2. The molecule has 0 radical (unpaired) electrons. The number of hydrazine groups is 1. The van der Waals surface area contributed by atoms with Crippen LogP contribution in [-0.2, 0) is 6.42 Å². The average Bonchev–Trinajstić information content (AvgIpc) is 2.84. The van der Waals surface area contributed by atoms with Crippen LogP contribution < -0.4 is 11.3 Å². The Balaban J connectivity index is 2.31. The molecule has 17 heavy (non-hydrogen) atoms. The molecule has 0 aliphatic rings. The van der Waals surface area contributed by atoms with E-state index in [-0.39, 0.29) is 0 Å². The minimum Gasteiger partial charge on any atom is -0.308 e. The van der Waals surface area contributed by atoms with E-state index >= 15 is 0 Å². The molecule has 3 N–H and O–H groups in total. The van der Waals surface area contributed by atoms with Gasteiger partial charge in [0.1, 0.15) is 23.5 Å². The van der Waals surface area contributed by atoms with Gasteiger partial charge >= 0.3 is 0 Å². The van der Waals surface area contributed by atoms with E-state index in [0.717, 1.165) is 27.8 Å². The molecule has 0 unspecified atom stereocenters. The first-order valence-corrected chi connectivity index (χ1v) is 6.69. The van der Waals surface area contributed by atoms with Gasteiger partial charge in [-0.15, -0.1) is 0 Å². The predicted octanol–water partition coefficient (Wildman–Crippen LogP) is 1.72. The van der Waals surface area contributed by atoms with E-state index in [4.69, 9.17) is 5.84 Å². The van der Waals surface area contributed by atoms with Crippen molar-refractivity contribution in [1.29, 1.82) is 0 Å². The zero-order valence-electron chi connectivity index (χ0n) is 9.25. The number of nitrogen functional groups attached to an aromatic ring is 1. The molecule has 0 saturated heterocycles. The third-order valence-corrected chi connectivity index (χ3v) is 3.83. The van der Waals surface area contributed by atoms with Gasteiger partial charge in [0.2, 0.25) is 0 Å². The van der Waals surface area contributed by atoms with Crippen molar-refractivity contribution < 1.29 is 0 Å². The van der Waals surface area contributed by atoms with Gasteiger partial charge in [-0.1, -0.05) is 13.3 Å². The zero-order valence-corrected chi connectivity index (χ0v) is 10.9. The average molecular weight is 268 g/mol. The van der Waals surface area contributed by atoms with E-state index in [1.165, 1.54) is 35.9 Å². The van der Waals surface area contributed by atoms with Gasteiger partial charge in [-0.2, -0.15) is 4.37 Å². The molecule has 0 amide bonds. The van der Waals surface area contributed by atoms with Gasteiger partial charge in [0, 0.05) is 5.56 Å². The molecule has 2 aromatic heterocycles. The van der Waals surface area contributed by atoms with Crippen molar-refractivity contribution in [2.45, 2.75) is 29.1 Å². The highest BCUT2D eigenvalue weighted by Gasteiger charge is 2.12. The Morgan fingerprint density at radius 3 is 2.88 bits per heavy atom. The maximum atomic E-state index is 5.45. The Bertz CT molecular complexity index is 472. The normalized spacial score (nSPS) is 10.5. The maximum Gasteiger partial charge on any atom is 0.176 e. The van der Waals surface area contributed by atoms with Crippen LogP contribution in [0.2, 0.25) is 0 Å². The van der Waals surface area contributed by atoms with Crippen LogP contribution in [0.15, 0.2) is 22.0 Å². The minimum atomic E-state index is 0.675. The highest BCUT2D eigenvalue weighted by molar-refractivity contribution is 8.00. The SMILES string of the molecule is CCCc1c(NN)ncnc1Sc1ncns1. The van der Waals surface area contributed by atoms with Crippen LogP contribution >= 0.6 is 23.3 Å². The topological polar surface area (TPSA) is 89.6 Å². The number of anilines is 1. The summed E-state index contributed by atoms with van der Waals surface area (Å²) in [5.41, 5.74) is 3.63. The lowest BCUT2D eigenvalue weighted by Crippen LogP contribution is -2.12. The highest BCUT2D eigenvalue weighted by Crippen LogP contribution is 2.31. The molecule has 2 aromatic rings. The van der Waals surface area contributed by atoms with Gasteiger partial charge in [-0.3, -0.25) is 0 Å². The summed E-state index contributed by atoms with van der Waals surface area (Å²) in [6, 6.07) is 0. The highest BCUT2D eigenvalue weighted by atomic mass is 32.2. The number of hydrogen-bond acceptors (Lipinski definition) is 8. The fraction of sp³-hybridized carbons (Fsp3) is 0.333. The summed E-state index contributed by atoms with van der Waals surface area (Å²) in [4.78, 5) is 12.5. The Labute approximate surface area is 107 Å². The van der Waals surface area contributed by atoms with Crippen LogP contribution in [0.4, 0.5) is 5.82 Å². The van der Waals surface area contributed by atoms with E-state index in [0.29, 0.717) is 5.82 Å². The molecule has 6 nitrogen and oxygen atoms in total. The molecular weight excluding hydrogens is 256 g/mol. The van der Waals surface area contributed by atoms with E-state index < -0.39 is 0 Å². The molecule has 0 spiro atoms. The molecular formula is C9H12N6S2. The van der Waals surface area contributed by atoms with Crippen molar-refractivity contribution >= 4 is 29.1 Å². The van der Waals surface area contributed by atoms with Gasteiger partial charge < -0.3 is 5.43 Å². The lowest BCUT2D eigenvalue weighted by Gasteiger charge is -2.09. The monoisotopic (exact) mass is 268 g/mol. The molecule has 90 valence electrons. The summed E-state index contributed by atoms with van der Waals surface area (Å²) in [6.07, 6.45) is 4.92. The van der Waals surface area contributed by atoms with E-state index in [2.05, 4.69) is 31.7 Å². The fourth-order valence-electron chi connectivity index (χ4n) is 1.37. The summed E-state index contributed by atoms with van der Waals surface area (Å²) < 4.78 is 4.83. The van der Waals surface area contributed by atoms with Crippen LogP contribution in [0, 0.1) is 0 Å². The van der Waals surface area contributed by atoms with Crippen LogP contribution in [0.3, 0.4) is 0 Å². The van der Waals surface area contributed by atoms with Crippen molar-refractivity contribution in [3.63, 3.8) is 0 Å². The first kappa shape index (κ1) is 12.2. The number of nitrogens with one attached hydrogen (secondary N) is 1. The molecule has 0 bridgehead atoms. The Hall–Kier alpha value is -1.25. The molecule has 2 rings (SSSR count). The molecule has 0 saturated carbocycles. The van der Waals surface area contributed by atoms with Gasteiger partial charge in [-0.25, -0.2) is 20.8 Å². The number of aromatic nitrogens is 4. The predicted molar refractivity (Wildman–Crippen MR) is 67.9 cm³/mol. The summed E-state index contributed by atoms with van der Waals surface area (Å²) in [5.74, 6) is 6.12. The Morgan fingerprint density at radius 2 is 2.24 bits per heavy atom. The quantitative estimate of drug-likeness (QED) is 0.484. The molecule has 0 atom stereocenters. The fourth-order valence-corrected chi connectivity index (χ4v) is 2.86. The van der Waals surface area contributed by atoms with Gasteiger partial charge in [-0.05, 0) is 29.7 Å². The second-order valence-electron chi connectivity index (χ2n) is 3.21. The Kier molecular flexibility index (Phi) is 4.24. The van der Waals surface area contributed by atoms with Crippen molar-refractivity contribution in [2.75, 3.05) is 5.43 Å². The summed E-state index contributed by atoms with van der Waals surface area (Å²) in [7, 11) is 0. The molecule has 8 heteroatoms. The van der Waals surface area contributed by atoms with Crippen LogP contribution in [-0.4, -0.2) is 19.3 Å². The standard InChI is InChI=1S/C9H12N6S2/c1-2-3-6-7(15-10)11-4-12-8(6)16-9-13-5-14-17-9/h4-5H,2-3,10H2,1H3,(H,11,12,15). The summed E-state index contributed by atoms with van der Waals surface area (Å²) in [5, 5.41) is 0.881. The van der Waals surface area contributed by atoms with E-state index in [1.54, 1.807) is 0 Å². The first-order chi connectivity index (χ1) is 8.35. The molecule has 0 aliphatic carbocycles. The second-order valence-corrected chi connectivity index (χ2v) is 5.23. The number of nitrogens with two attached hydrogens (primary N) is 1. The third kappa shape index (κ3) is 2.90. The van der Waals surface area contributed by atoms with E-state index in [9.17, 15) is 0 Å². The Morgan fingerprint density at radius 1 is 1.35 bits per heavy atom. The largest absolute Gasteiger partial charge is 0.308 e. The minimum absolute atomic E-state index is 0.675. The van der Waals surface area contributed by atoms with Crippen LogP contribution in [0.5, 0.6) is 0 Å². The summed E-state index contributed by atoms with van der Waals surface area (Å²) >= 11 is 2.84. The van der Waals surface area contributed by atoms with Crippen molar-refractivity contribution in [1.82, 2.24) is 19.3 Å². The van der Waals surface area contributed by atoms with Gasteiger partial charge in [0.05, 0.1) is 0 Å². The lowest BCUT2D eigenvalue weighted by atomic mass is 10.2. The second kappa shape index (κ2) is 5.89. The van der Waals surface area contributed by atoms with Crippen molar-refractivity contribution in [3.8, 4) is 0 Å². The van der Waals surface area contributed by atoms with Crippen molar-refractivity contribution in [2.24, 2.45) is 5.84 Å². The molecule has 2 heterocycles. The van der Waals surface area contributed by atoms with Crippen LogP contribution in [0.25, 0.3) is 0 Å². The summed E-state index contributed by atoms with van der Waals surface area (Å²) in [6.45, 7) is 2.10. The van der Waals surface area contributed by atoms with Gasteiger partial charge in [0.25, 0.3) is 0 Å². The number of rotatable bonds is 5. The smallest absolute Gasteiger partial charge is 0.176 e. The van der Waals surface area contributed by atoms with Gasteiger partial charge in [0.15, 0.2) is 4.34 Å². The van der Waals surface area contributed by atoms with E-state index in [1.807, 2.05) is 0 Å². The molecule has 0 aliphatic heterocycles. The lowest BCUT2D eigenvalue weighted by molar-refractivity contribution is 0.856. The van der Waals surface area contributed by atoms with Crippen molar-refractivity contribution in [3.05, 3.63) is 18.2 Å².